The lowest BCUT2D eigenvalue weighted by molar-refractivity contribution is -0.135. The van der Waals surface area contributed by atoms with Crippen LogP contribution in [0, 0.1) is 0 Å². The van der Waals surface area contributed by atoms with Crippen molar-refractivity contribution in [2.75, 3.05) is 139 Å². The number of carbonyl (C=O) groups excluding carboxylic acids is 8. The molecule has 4 rings (SSSR count). The molecule has 0 fully saturated rings. The SMILES string of the molecule is CCCNC(=O)[C@H](C)NC(=O)[C@H](Cc1ccc2c(c1)OCCOCCOCCOCCOCCO2)NC(=O)[C@H](C)NC(=O)[C@H](Cc1ccc2c(c1)OCCOCCOCCOCCOCCO2)NC(=O)[C@H](C)NC(=O)[C@H](C)NC(=O)[C@H](C)NC(=O)OC(C)(C)C. The highest BCUT2D eigenvalue weighted by molar-refractivity contribution is 5.97. The zero-order valence-electron chi connectivity index (χ0n) is 53.5. The van der Waals surface area contributed by atoms with E-state index in [0.29, 0.717) is 121 Å². The van der Waals surface area contributed by atoms with E-state index in [2.05, 4.69) is 42.5 Å². The summed E-state index contributed by atoms with van der Waals surface area (Å²) in [6, 6.07) is 1.18. The molecule has 29 nitrogen and oxygen atoms in total. The normalized spacial score (nSPS) is 18.1. The molecular formula is C61H96N8O21. The van der Waals surface area contributed by atoms with Gasteiger partial charge in [0, 0.05) is 19.4 Å². The van der Waals surface area contributed by atoms with Crippen LogP contribution in [0.15, 0.2) is 36.4 Å². The maximum Gasteiger partial charge on any atom is 0.408 e. The fourth-order valence-corrected chi connectivity index (χ4v) is 8.19. The molecule has 0 aromatic heterocycles. The highest BCUT2D eigenvalue weighted by Crippen LogP contribution is 2.31. The summed E-state index contributed by atoms with van der Waals surface area (Å²) in [7, 11) is 0. The van der Waals surface area contributed by atoms with Crippen LogP contribution < -0.4 is 61.5 Å². The van der Waals surface area contributed by atoms with Gasteiger partial charge in [0.2, 0.25) is 41.4 Å². The quantitative estimate of drug-likeness (QED) is 0.0898. The van der Waals surface area contributed by atoms with E-state index >= 15 is 0 Å². The smallest absolute Gasteiger partial charge is 0.408 e. The molecule has 2 aromatic carbocycles. The van der Waals surface area contributed by atoms with E-state index in [0.717, 1.165) is 0 Å². The first-order valence-corrected chi connectivity index (χ1v) is 30.6. The number of rotatable bonds is 20. The molecule has 8 N–H and O–H groups in total. The fraction of sp³-hybridized carbons (Fsp3) is 0.672. The molecule has 0 aliphatic carbocycles. The first-order chi connectivity index (χ1) is 43.1. The van der Waals surface area contributed by atoms with Gasteiger partial charge in [-0.05, 0) is 97.2 Å². The average Bonchev–Trinajstić information content (AvgIpc) is 3.68. The summed E-state index contributed by atoms with van der Waals surface area (Å²) in [4.78, 5) is 109. The third-order valence-corrected chi connectivity index (χ3v) is 13.0. The molecule has 7 atom stereocenters. The minimum atomic E-state index is -1.44. The van der Waals surface area contributed by atoms with Gasteiger partial charge in [0.15, 0.2) is 23.0 Å². The Morgan fingerprint density at radius 1 is 0.378 bits per heavy atom. The summed E-state index contributed by atoms with van der Waals surface area (Å²) in [5.41, 5.74) is 0.153. The molecule has 8 amide bonds. The first-order valence-electron chi connectivity index (χ1n) is 30.6. The number of fused-ring (bicyclic) bond motifs is 2. The van der Waals surface area contributed by atoms with E-state index < -0.39 is 95.3 Å². The molecule has 29 heteroatoms. The Morgan fingerprint density at radius 3 is 0.978 bits per heavy atom. The van der Waals surface area contributed by atoms with Crippen molar-refractivity contribution in [2.45, 2.75) is 129 Å². The van der Waals surface area contributed by atoms with Gasteiger partial charge in [-0.2, -0.15) is 0 Å². The van der Waals surface area contributed by atoms with Crippen LogP contribution in [0.25, 0.3) is 0 Å². The number of alkyl carbamates (subject to hydrolysis) is 1. The lowest BCUT2D eigenvalue weighted by atomic mass is 10.0. The van der Waals surface area contributed by atoms with E-state index in [4.69, 9.17) is 61.6 Å². The topological polar surface area (TPSA) is 353 Å². The zero-order chi connectivity index (χ0) is 65.7. The Kier molecular flexibility index (Phi) is 35.2. The molecule has 0 saturated carbocycles. The van der Waals surface area contributed by atoms with Crippen LogP contribution in [0.3, 0.4) is 0 Å². The van der Waals surface area contributed by atoms with E-state index in [1.165, 1.54) is 34.6 Å². The van der Waals surface area contributed by atoms with Crippen LogP contribution in [-0.4, -0.2) is 234 Å². The van der Waals surface area contributed by atoms with Crippen molar-refractivity contribution in [1.29, 1.82) is 0 Å². The van der Waals surface area contributed by atoms with Crippen LogP contribution in [0.4, 0.5) is 4.79 Å². The molecule has 0 radical (unpaired) electrons. The number of hydrogen-bond donors (Lipinski definition) is 8. The standard InChI is InChI=1S/C61H96N8O21/c1-10-15-62-53(70)40(2)65-58(75)47(36-45-11-13-49-51(38-45)88-34-30-84-26-22-80-18-16-78-20-24-82-28-32-86-49)69-57(74)43(5)66-59(76)48(68-56(73)42(4)64-54(71)41(3)63-55(72)44(6)67-60(77)90-61(7,8)9)37-46-12-14-50-52(39-46)89-35-31-85-27-23-81-19-17-79-21-25-83-29-33-87-50/h11-14,38-44,47-48H,10,15-37H2,1-9H3,(H,62,70)(H,63,72)(H,64,71)(H,65,75)(H,66,76)(H,67,77)(H,68,73)(H,69,74)/t40-,41-,42-,43-,44-,47-,48-/m0/s1. The summed E-state index contributed by atoms with van der Waals surface area (Å²) < 4.78 is 74.4. The molecule has 2 heterocycles. The second-order valence-corrected chi connectivity index (χ2v) is 22.0. The van der Waals surface area contributed by atoms with Crippen LogP contribution in [0.1, 0.15) is 79.9 Å². The largest absolute Gasteiger partial charge is 0.487 e. The summed E-state index contributed by atoms with van der Waals surface area (Å²) in [6.45, 7) is 20.0. The van der Waals surface area contributed by atoms with Gasteiger partial charge >= 0.3 is 6.09 Å². The Morgan fingerprint density at radius 2 is 0.656 bits per heavy atom. The number of hydrogen-bond acceptors (Lipinski definition) is 21. The molecule has 0 saturated heterocycles. The van der Waals surface area contributed by atoms with Crippen molar-refractivity contribution in [2.24, 2.45) is 0 Å². The maximum absolute atomic E-state index is 14.6. The molecule has 506 valence electrons. The van der Waals surface area contributed by atoms with Gasteiger partial charge in [0.1, 0.15) is 74.3 Å². The van der Waals surface area contributed by atoms with Crippen molar-refractivity contribution < 1.29 is 99.9 Å². The zero-order valence-corrected chi connectivity index (χ0v) is 53.5. The predicted molar refractivity (Wildman–Crippen MR) is 325 cm³/mol. The number of ether oxygens (including phenoxy) is 13. The Bertz CT molecular complexity index is 2540. The Labute approximate surface area is 527 Å². The van der Waals surface area contributed by atoms with Crippen LogP contribution in [-0.2, 0) is 89.0 Å². The highest BCUT2D eigenvalue weighted by Gasteiger charge is 2.32. The molecule has 2 aromatic rings. The second-order valence-electron chi connectivity index (χ2n) is 22.0. The van der Waals surface area contributed by atoms with Crippen molar-refractivity contribution >= 4 is 47.4 Å². The van der Waals surface area contributed by atoms with Gasteiger partial charge in [0.25, 0.3) is 0 Å². The van der Waals surface area contributed by atoms with Gasteiger partial charge in [-0.25, -0.2) is 4.79 Å². The number of benzene rings is 2. The van der Waals surface area contributed by atoms with Gasteiger partial charge in [-0.1, -0.05) is 19.1 Å². The molecular weight excluding hydrogens is 1180 g/mol. The molecule has 2 aliphatic heterocycles. The summed E-state index contributed by atoms with van der Waals surface area (Å²) in [5, 5.41) is 21.0. The first kappa shape index (κ1) is 75.3. The molecule has 0 spiro atoms. The van der Waals surface area contributed by atoms with Gasteiger partial charge < -0.3 is 104 Å². The predicted octanol–water partition coefficient (Wildman–Crippen LogP) is 0.575. The van der Waals surface area contributed by atoms with Gasteiger partial charge in [-0.15, -0.1) is 0 Å². The fourth-order valence-electron chi connectivity index (χ4n) is 8.19. The molecule has 0 bridgehead atoms. The summed E-state index contributed by atoms with van der Waals surface area (Å²) in [5.74, 6) is -3.82. The van der Waals surface area contributed by atoms with Crippen molar-refractivity contribution in [3.8, 4) is 23.0 Å². The number of carbonyl (C=O) groups is 8. The highest BCUT2D eigenvalue weighted by atomic mass is 16.6. The second kappa shape index (κ2) is 42.0. The van der Waals surface area contributed by atoms with Crippen LogP contribution >= 0.6 is 0 Å². The lowest BCUT2D eigenvalue weighted by Gasteiger charge is -2.26. The molecule has 90 heavy (non-hydrogen) atoms. The van der Waals surface area contributed by atoms with Crippen LogP contribution in [0.5, 0.6) is 23.0 Å². The van der Waals surface area contributed by atoms with Gasteiger partial charge in [0.05, 0.1) is 106 Å². The number of nitrogens with one attached hydrogen (secondary N) is 8. The van der Waals surface area contributed by atoms with Crippen molar-refractivity contribution in [3.05, 3.63) is 47.5 Å². The van der Waals surface area contributed by atoms with E-state index in [1.807, 2.05) is 6.92 Å². The van der Waals surface area contributed by atoms with Crippen LogP contribution in [0.2, 0.25) is 0 Å². The summed E-state index contributed by atoms with van der Waals surface area (Å²) >= 11 is 0. The number of amides is 8. The molecule has 0 unspecified atom stereocenters. The lowest BCUT2D eigenvalue weighted by Crippen LogP contribution is -2.59. The van der Waals surface area contributed by atoms with E-state index in [1.54, 1.807) is 57.2 Å². The third-order valence-electron chi connectivity index (χ3n) is 13.0. The average molecular weight is 1280 g/mol. The molecule has 2 aliphatic rings. The van der Waals surface area contributed by atoms with Crippen molar-refractivity contribution in [1.82, 2.24) is 42.5 Å². The third kappa shape index (κ3) is 30.6. The maximum atomic E-state index is 14.6. The Hall–Kier alpha value is -7.12. The van der Waals surface area contributed by atoms with E-state index in [-0.39, 0.29) is 71.4 Å². The summed E-state index contributed by atoms with van der Waals surface area (Å²) in [6.07, 6.45) is -0.527. The van der Waals surface area contributed by atoms with Crippen molar-refractivity contribution in [3.63, 3.8) is 0 Å². The minimum Gasteiger partial charge on any atom is -0.487 e. The minimum absolute atomic E-state index is 0.0964. The Balaban J connectivity index is 1.60. The monoisotopic (exact) mass is 1280 g/mol. The van der Waals surface area contributed by atoms with E-state index in [9.17, 15) is 38.4 Å². The van der Waals surface area contributed by atoms with Gasteiger partial charge in [-0.3, -0.25) is 33.6 Å².